The Morgan fingerprint density at radius 2 is 1.71 bits per heavy atom. The zero-order valence-electron chi connectivity index (χ0n) is 18.2. The Balaban J connectivity index is 1.67. The summed E-state index contributed by atoms with van der Waals surface area (Å²) in [5.41, 5.74) is 0.143. The number of hydrogen-bond acceptors (Lipinski definition) is 6. The van der Waals surface area contributed by atoms with E-state index in [2.05, 4.69) is 20.6 Å². The van der Waals surface area contributed by atoms with Crippen LogP contribution in [-0.2, 0) is 10.0 Å². The number of fused-ring (bicyclic) bond motifs is 1. The molecule has 4 aromatic rings. The van der Waals surface area contributed by atoms with Gasteiger partial charge in [-0.1, -0.05) is 13.0 Å². The van der Waals surface area contributed by atoms with Gasteiger partial charge in [-0.05, 0) is 42.8 Å². The van der Waals surface area contributed by atoms with Crippen molar-refractivity contribution in [2.75, 3.05) is 10.6 Å². The molecule has 1 atom stereocenters. The van der Waals surface area contributed by atoms with Crippen LogP contribution in [0.25, 0.3) is 11.0 Å². The van der Waals surface area contributed by atoms with E-state index in [0.29, 0.717) is 11.0 Å². The number of sulfonamides is 1. The fourth-order valence-corrected chi connectivity index (χ4v) is 4.58. The van der Waals surface area contributed by atoms with Gasteiger partial charge in [0.25, 0.3) is 0 Å². The van der Waals surface area contributed by atoms with Crippen molar-refractivity contribution in [2.24, 2.45) is 5.14 Å². The second kappa shape index (κ2) is 9.47. The van der Waals surface area contributed by atoms with Gasteiger partial charge in [-0.25, -0.2) is 36.1 Å². The normalized spacial score (nSPS) is 12.5. The Bertz CT molecular complexity index is 1530. The van der Waals surface area contributed by atoms with Crippen molar-refractivity contribution in [1.29, 1.82) is 0 Å². The van der Waals surface area contributed by atoms with Crippen LogP contribution < -0.4 is 15.8 Å². The van der Waals surface area contributed by atoms with Gasteiger partial charge in [-0.15, -0.1) is 0 Å². The second-order valence-electron chi connectivity index (χ2n) is 7.64. The van der Waals surface area contributed by atoms with Crippen molar-refractivity contribution in [3.05, 3.63) is 83.6 Å². The maximum absolute atomic E-state index is 15.2. The predicted octanol–water partition coefficient (Wildman–Crippen LogP) is 5.41. The lowest BCUT2D eigenvalue weighted by Gasteiger charge is -2.17. The number of aromatic nitrogens is 2. The third-order valence-electron chi connectivity index (χ3n) is 5.24. The van der Waals surface area contributed by atoms with Crippen LogP contribution in [0.5, 0.6) is 0 Å². The summed E-state index contributed by atoms with van der Waals surface area (Å²) in [5.74, 6) is -3.43. The average Bonchev–Trinajstić information content (AvgIpc) is 2.79. The van der Waals surface area contributed by atoms with E-state index in [0.717, 1.165) is 24.3 Å². The molecule has 0 spiro atoms. The molecule has 0 aliphatic rings. The van der Waals surface area contributed by atoms with E-state index < -0.39 is 44.2 Å². The fourth-order valence-electron chi connectivity index (χ4n) is 3.58. The van der Waals surface area contributed by atoms with E-state index in [-0.39, 0.29) is 29.2 Å². The van der Waals surface area contributed by atoms with Crippen LogP contribution in [0.15, 0.2) is 54.7 Å². The number of primary sulfonamides is 1. The van der Waals surface area contributed by atoms with E-state index in [1.165, 1.54) is 31.3 Å². The van der Waals surface area contributed by atoms with Crippen molar-refractivity contribution in [3.63, 3.8) is 0 Å². The molecule has 1 unspecified atom stereocenters. The van der Waals surface area contributed by atoms with Gasteiger partial charge >= 0.3 is 0 Å². The first-order valence-electron chi connectivity index (χ1n) is 10.3. The number of halogens is 4. The molecule has 4 rings (SSSR count). The molecule has 4 N–H and O–H groups in total. The predicted molar refractivity (Wildman–Crippen MR) is 125 cm³/mol. The maximum Gasteiger partial charge on any atom is 0.216 e. The third kappa shape index (κ3) is 5.17. The zero-order valence-corrected chi connectivity index (χ0v) is 19.0. The van der Waals surface area contributed by atoms with Gasteiger partial charge in [0.1, 0.15) is 34.2 Å². The molecule has 0 amide bonds. The lowest BCUT2D eigenvalue weighted by Crippen LogP contribution is -2.22. The van der Waals surface area contributed by atoms with Gasteiger partial charge in [0.05, 0.1) is 22.9 Å². The largest absolute Gasteiger partial charge is 0.351 e. The van der Waals surface area contributed by atoms with E-state index >= 15 is 4.39 Å². The first kappa shape index (κ1) is 24.4. The first-order valence-corrected chi connectivity index (χ1v) is 11.9. The van der Waals surface area contributed by atoms with E-state index in [9.17, 15) is 21.6 Å². The quantitative estimate of drug-likeness (QED) is 0.290. The first-order chi connectivity index (χ1) is 16.6. The molecule has 1 heterocycles. The van der Waals surface area contributed by atoms with Crippen LogP contribution in [0.1, 0.15) is 24.2 Å². The van der Waals surface area contributed by atoms with Crippen LogP contribution in [0.4, 0.5) is 40.4 Å². The molecule has 35 heavy (non-hydrogen) atoms. The van der Waals surface area contributed by atoms with Crippen LogP contribution in [0.2, 0.25) is 0 Å². The number of benzene rings is 3. The summed E-state index contributed by atoms with van der Waals surface area (Å²) in [4.78, 5) is 8.52. The van der Waals surface area contributed by atoms with E-state index in [1.807, 2.05) is 0 Å². The fraction of sp³-hybridized carbons (Fsp3) is 0.130. The number of nitrogens with one attached hydrogen (secondary N) is 2. The van der Waals surface area contributed by atoms with E-state index in [1.54, 1.807) is 6.07 Å². The molecule has 1 aromatic heterocycles. The summed E-state index contributed by atoms with van der Waals surface area (Å²) in [5, 5.41) is 9.17. The van der Waals surface area contributed by atoms with Crippen molar-refractivity contribution >= 4 is 43.9 Å². The van der Waals surface area contributed by atoms with Gasteiger partial charge in [0.2, 0.25) is 10.0 Å². The third-order valence-corrected chi connectivity index (χ3v) is 6.62. The molecule has 0 radical (unpaired) electrons. The Labute approximate surface area is 198 Å². The smallest absolute Gasteiger partial charge is 0.216 e. The van der Waals surface area contributed by atoms with Crippen LogP contribution in [-0.4, -0.2) is 18.4 Å². The maximum atomic E-state index is 15.2. The van der Waals surface area contributed by atoms with Gasteiger partial charge in [0, 0.05) is 17.3 Å². The minimum Gasteiger partial charge on any atom is -0.351 e. The molecule has 0 aliphatic carbocycles. The van der Waals surface area contributed by atoms with Gasteiger partial charge in [-0.3, -0.25) is 4.98 Å². The number of hydrogen-bond donors (Lipinski definition) is 3. The molecule has 0 saturated heterocycles. The Morgan fingerprint density at radius 3 is 2.40 bits per heavy atom. The minimum absolute atomic E-state index is 0.00316. The molecule has 182 valence electrons. The van der Waals surface area contributed by atoms with Gasteiger partial charge < -0.3 is 10.6 Å². The highest BCUT2D eigenvalue weighted by atomic mass is 32.2. The second-order valence-corrected chi connectivity index (χ2v) is 9.39. The summed E-state index contributed by atoms with van der Waals surface area (Å²) in [7, 11) is -4.12. The van der Waals surface area contributed by atoms with Crippen LogP contribution in [0.3, 0.4) is 0 Å². The lowest BCUT2D eigenvalue weighted by atomic mass is 10.1. The highest BCUT2D eigenvalue weighted by molar-refractivity contribution is 7.89. The molecule has 0 fully saturated rings. The molecule has 0 bridgehead atoms. The Kier molecular flexibility index (Phi) is 6.59. The molecule has 7 nitrogen and oxygen atoms in total. The molecule has 12 heteroatoms. The summed E-state index contributed by atoms with van der Waals surface area (Å²) < 4.78 is 80.4. The van der Waals surface area contributed by atoms with Crippen molar-refractivity contribution < 1.29 is 26.0 Å². The van der Waals surface area contributed by atoms with Gasteiger partial charge in [0.15, 0.2) is 5.82 Å². The number of nitrogens with two attached hydrogens (primary N) is 1. The number of rotatable bonds is 7. The SMILES string of the molecule is CCC(c1ccc(F)c(Nc2ccc3ncc(Nc4ccc(F)cc4F)nc3c2)c1F)S(N)(=O)=O. The summed E-state index contributed by atoms with van der Waals surface area (Å²) >= 11 is 0. The van der Waals surface area contributed by atoms with Crippen LogP contribution in [0, 0.1) is 23.3 Å². The molecule has 0 saturated carbocycles. The molecule has 0 aliphatic heterocycles. The van der Waals surface area contributed by atoms with Crippen molar-refractivity contribution in [1.82, 2.24) is 9.97 Å². The zero-order chi connectivity index (χ0) is 25.3. The monoisotopic (exact) mass is 505 g/mol. The van der Waals surface area contributed by atoms with Crippen LogP contribution >= 0.6 is 0 Å². The summed E-state index contributed by atoms with van der Waals surface area (Å²) in [6.45, 7) is 1.52. The topological polar surface area (TPSA) is 110 Å². The van der Waals surface area contributed by atoms with Crippen molar-refractivity contribution in [3.8, 4) is 0 Å². The average molecular weight is 505 g/mol. The molecular formula is C23H19F4N5O2S. The highest BCUT2D eigenvalue weighted by Crippen LogP contribution is 2.33. The number of anilines is 4. The lowest BCUT2D eigenvalue weighted by molar-refractivity contribution is 0.556. The molecule has 3 aromatic carbocycles. The number of nitrogens with zero attached hydrogens (tertiary/aromatic N) is 2. The summed E-state index contributed by atoms with van der Waals surface area (Å²) in [6.07, 6.45) is 1.34. The molecular weight excluding hydrogens is 486 g/mol. The van der Waals surface area contributed by atoms with E-state index in [4.69, 9.17) is 5.14 Å². The Hall–Kier alpha value is -3.77. The van der Waals surface area contributed by atoms with Crippen molar-refractivity contribution in [2.45, 2.75) is 18.6 Å². The highest BCUT2D eigenvalue weighted by Gasteiger charge is 2.27. The van der Waals surface area contributed by atoms with Gasteiger partial charge in [-0.2, -0.15) is 0 Å². The standard InChI is InChI=1S/C23H19F4N5O2S/c1-2-20(35(28,33)34)14-5-6-15(25)23(22(14)27)30-13-4-8-18-19(10-13)32-21(11-29-18)31-17-7-3-12(24)9-16(17)26/h3-11,20,30H,2H2,1H3,(H,31,32)(H2,28,33,34). The Morgan fingerprint density at radius 1 is 0.943 bits per heavy atom. The minimum atomic E-state index is -4.12. The summed E-state index contributed by atoms with van der Waals surface area (Å²) in [6, 6.07) is 9.52.